The lowest BCUT2D eigenvalue weighted by molar-refractivity contribution is -0.232. The molecule has 0 aromatic heterocycles. The summed E-state index contributed by atoms with van der Waals surface area (Å²) in [5.74, 6) is 0. The van der Waals surface area contributed by atoms with Gasteiger partial charge in [0.25, 0.3) is 0 Å². The van der Waals surface area contributed by atoms with Crippen LogP contribution in [-0.4, -0.2) is 18.4 Å². The number of hydrogen-bond acceptors (Lipinski definition) is 1. The van der Waals surface area contributed by atoms with Crippen LogP contribution in [0.15, 0.2) is 0 Å². The summed E-state index contributed by atoms with van der Waals surface area (Å²) in [6, 6.07) is 0. The molecule has 0 bridgehead atoms. The standard InChI is InChI=1S/C6H11F4N/c1-2-5(7,3-4-11)6(8,9)10/h2-4,11H2,1H3. The molecular weight excluding hydrogens is 162 g/mol. The van der Waals surface area contributed by atoms with Gasteiger partial charge in [0.15, 0.2) is 0 Å². The molecule has 0 aromatic carbocycles. The zero-order valence-corrected chi connectivity index (χ0v) is 6.21. The molecule has 0 aliphatic heterocycles. The smallest absolute Gasteiger partial charge is 0.330 e. The molecule has 1 unspecified atom stereocenters. The number of rotatable bonds is 3. The molecule has 2 N–H and O–H groups in total. The van der Waals surface area contributed by atoms with Crippen LogP contribution < -0.4 is 5.73 Å². The van der Waals surface area contributed by atoms with Gasteiger partial charge in [-0.15, -0.1) is 0 Å². The zero-order valence-electron chi connectivity index (χ0n) is 6.21. The van der Waals surface area contributed by atoms with Gasteiger partial charge in [-0.05, 0) is 13.0 Å². The molecule has 0 aliphatic rings. The van der Waals surface area contributed by atoms with Crippen molar-refractivity contribution in [2.45, 2.75) is 31.6 Å². The summed E-state index contributed by atoms with van der Waals surface area (Å²) in [5, 5.41) is 0. The minimum Gasteiger partial charge on any atom is -0.330 e. The van der Waals surface area contributed by atoms with E-state index >= 15 is 0 Å². The van der Waals surface area contributed by atoms with Crippen LogP contribution in [0.2, 0.25) is 0 Å². The van der Waals surface area contributed by atoms with Gasteiger partial charge in [0.1, 0.15) is 0 Å². The van der Waals surface area contributed by atoms with Gasteiger partial charge in [0, 0.05) is 6.42 Å². The zero-order chi connectivity index (χ0) is 9.12. The molecule has 0 spiro atoms. The quantitative estimate of drug-likeness (QED) is 0.649. The third kappa shape index (κ3) is 2.32. The number of nitrogens with two attached hydrogens (primary N) is 1. The van der Waals surface area contributed by atoms with Gasteiger partial charge in [-0.1, -0.05) is 6.92 Å². The first-order chi connectivity index (χ1) is 4.87. The second kappa shape index (κ2) is 3.38. The Labute approximate surface area is 62.6 Å². The Morgan fingerprint density at radius 3 is 1.73 bits per heavy atom. The molecular formula is C6H11F4N. The fourth-order valence-electron chi connectivity index (χ4n) is 0.748. The second-order valence-electron chi connectivity index (χ2n) is 2.36. The third-order valence-corrected chi connectivity index (χ3v) is 1.61. The van der Waals surface area contributed by atoms with Gasteiger partial charge >= 0.3 is 6.18 Å². The van der Waals surface area contributed by atoms with Crippen LogP contribution in [0, 0.1) is 0 Å². The van der Waals surface area contributed by atoms with E-state index in [2.05, 4.69) is 0 Å². The van der Waals surface area contributed by atoms with E-state index in [1.54, 1.807) is 0 Å². The third-order valence-electron chi connectivity index (χ3n) is 1.61. The van der Waals surface area contributed by atoms with Crippen LogP contribution in [0.25, 0.3) is 0 Å². The number of hydrogen-bond donors (Lipinski definition) is 1. The van der Waals surface area contributed by atoms with Crippen LogP contribution in [0.3, 0.4) is 0 Å². The van der Waals surface area contributed by atoms with E-state index in [0.717, 1.165) is 6.92 Å². The Morgan fingerprint density at radius 2 is 1.64 bits per heavy atom. The van der Waals surface area contributed by atoms with Crippen LogP contribution in [0.5, 0.6) is 0 Å². The van der Waals surface area contributed by atoms with Crippen LogP contribution in [0.1, 0.15) is 19.8 Å². The molecule has 68 valence electrons. The maximum absolute atomic E-state index is 12.8. The highest BCUT2D eigenvalue weighted by Crippen LogP contribution is 2.38. The van der Waals surface area contributed by atoms with E-state index in [4.69, 9.17) is 5.73 Å². The molecule has 1 nitrogen and oxygen atoms in total. The van der Waals surface area contributed by atoms with Crippen molar-refractivity contribution in [1.82, 2.24) is 0 Å². The topological polar surface area (TPSA) is 26.0 Å². The van der Waals surface area contributed by atoms with Crippen molar-refractivity contribution < 1.29 is 17.6 Å². The average Bonchev–Trinajstić information content (AvgIpc) is 1.86. The summed E-state index contributed by atoms with van der Waals surface area (Å²) in [4.78, 5) is 0. The highest BCUT2D eigenvalue weighted by atomic mass is 19.4. The minimum atomic E-state index is -4.79. The molecule has 11 heavy (non-hydrogen) atoms. The van der Waals surface area contributed by atoms with E-state index in [1.807, 2.05) is 0 Å². The van der Waals surface area contributed by atoms with Gasteiger partial charge in [-0.25, -0.2) is 4.39 Å². The van der Waals surface area contributed by atoms with Gasteiger partial charge in [0.05, 0.1) is 0 Å². The Kier molecular flexibility index (Phi) is 3.29. The summed E-state index contributed by atoms with van der Waals surface area (Å²) in [6.07, 6.45) is -6.03. The Hall–Kier alpha value is -0.320. The van der Waals surface area contributed by atoms with Crippen LogP contribution in [-0.2, 0) is 0 Å². The van der Waals surface area contributed by atoms with Gasteiger partial charge in [-0.2, -0.15) is 13.2 Å². The summed E-state index contributed by atoms with van der Waals surface area (Å²) >= 11 is 0. The first-order valence-corrected chi connectivity index (χ1v) is 3.33. The maximum Gasteiger partial charge on any atom is 0.422 e. The molecule has 0 saturated carbocycles. The predicted octanol–water partition coefficient (Wildman–Crippen LogP) is 2.02. The Morgan fingerprint density at radius 1 is 1.18 bits per heavy atom. The average molecular weight is 173 g/mol. The predicted molar refractivity (Wildman–Crippen MR) is 33.9 cm³/mol. The molecule has 0 fully saturated rings. The molecule has 0 amide bonds. The number of halogens is 4. The van der Waals surface area contributed by atoms with E-state index in [9.17, 15) is 17.6 Å². The SMILES string of the molecule is CCC(F)(CCN)C(F)(F)F. The van der Waals surface area contributed by atoms with Crippen molar-refractivity contribution in [1.29, 1.82) is 0 Å². The normalized spacial score (nSPS) is 18.0. The van der Waals surface area contributed by atoms with Crippen molar-refractivity contribution in [3.05, 3.63) is 0 Å². The molecule has 0 aliphatic carbocycles. The van der Waals surface area contributed by atoms with Crippen molar-refractivity contribution >= 4 is 0 Å². The van der Waals surface area contributed by atoms with Crippen LogP contribution in [0.4, 0.5) is 17.6 Å². The Bertz CT molecular complexity index is 122. The first kappa shape index (κ1) is 10.7. The van der Waals surface area contributed by atoms with E-state index in [0.29, 0.717) is 0 Å². The summed E-state index contributed by atoms with van der Waals surface area (Å²) in [5.41, 5.74) is 1.75. The van der Waals surface area contributed by atoms with Crippen molar-refractivity contribution in [3.8, 4) is 0 Å². The molecule has 0 aromatic rings. The summed E-state index contributed by atoms with van der Waals surface area (Å²) in [6.45, 7) is 0.868. The fourth-order valence-corrected chi connectivity index (χ4v) is 0.748. The van der Waals surface area contributed by atoms with Crippen molar-refractivity contribution in [2.24, 2.45) is 5.73 Å². The lowest BCUT2D eigenvalue weighted by atomic mass is 9.98. The molecule has 1 atom stereocenters. The monoisotopic (exact) mass is 173 g/mol. The molecule has 0 heterocycles. The maximum atomic E-state index is 12.8. The molecule has 0 rings (SSSR count). The second-order valence-corrected chi connectivity index (χ2v) is 2.36. The Balaban J connectivity index is 4.33. The number of alkyl halides is 4. The lowest BCUT2D eigenvalue weighted by Crippen LogP contribution is -2.41. The summed E-state index contributed by atoms with van der Waals surface area (Å²) in [7, 11) is 0. The van der Waals surface area contributed by atoms with Crippen molar-refractivity contribution in [2.75, 3.05) is 6.54 Å². The molecule has 5 heteroatoms. The molecule has 0 radical (unpaired) electrons. The van der Waals surface area contributed by atoms with Gasteiger partial charge < -0.3 is 5.73 Å². The van der Waals surface area contributed by atoms with E-state index in [-0.39, 0.29) is 6.54 Å². The van der Waals surface area contributed by atoms with Crippen molar-refractivity contribution in [3.63, 3.8) is 0 Å². The highest BCUT2D eigenvalue weighted by Gasteiger charge is 2.53. The fraction of sp³-hybridized carbons (Fsp3) is 1.00. The van der Waals surface area contributed by atoms with Gasteiger partial charge in [-0.3, -0.25) is 0 Å². The summed E-state index contributed by atoms with van der Waals surface area (Å²) < 4.78 is 48.4. The molecule has 0 saturated heterocycles. The lowest BCUT2D eigenvalue weighted by Gasteiger charge is -2.25. The minimum absolute atomic E-state index is 0.288. The van der Waals surface area contributed by atoms with Gasteiger partial charge in [0.2, 0.25) is 5.67 Å². The largest absolute Gasteiger partial charge is 0.422 e. The van der Waals surface area contributed by atoms with E-state index < -0.39 is 24.7 Å². The van der Waals surface area contributed by atoms with Crippen LogP contribution >= 0.6 is 0 Å². The highest BCUT2D eigenvalue weighted by molar-refractivity contribution is 4.85. The van der Waals surface area contributed by atoms with E-state index in [1.165, 1.54) is 0 Å². The first-order valence-electron chi connectivity index (χ1n) is 3.33.